The van der Waals surface area contributed by atoms with Crippen LogP contribution >= 0.6 is 15.9 Å². The number of carbonyl (C=O) groups excluding carboxylic acids is 2. The lowest BCUT2D eigenvalue weighted by Crippen LogP contribution is -2.23. The number of hydrogen-bond acceptors (Lipinski definition) is 3. The minimum absolute atomic E-state index is 0.00909. The molecule has 0 heterocycles. The first-order valence-electron chi connectivity index (χ1n) is 8.92. The zero-order chi connectivity index (χ0) is 18.4. The minimum Gasteiger partial charge on any atom is -0.426 e. The molecule has 1 saturated carbocycles. The van der Waals surface area contributed by atoms with E-state index in [-0.39, 0.29) is 17.7 Å². The van der Waals surface area contributed by atoms with Gasteiger partial charge in [0.25, 0.3) is 0 Å². The zero-order valence-electron chi connectivity index (χ0n) is 14.5. The van der Waals surface area contributed by atoms with Crippen LogP contribution in [-0.2, 0) is 4.79 Å². The van der Waals surface area contributed by atoms with Gasteiger partial charge in [-0.1, -0.05) is 53.4 Å². The Morgan fingerprint density at radius 3 is 2.38 bits per heavy atom. The van der Waals surface area contributed by atoms with E-state index in [9.17, 15) is 9.59 Å². The van der Waals surface area contributed by atoms with Gasteiger partial charge in [-0.15, -0.1) is 0 Å². The van der Waals surface area contributed by atoms with Gasteiger partial charge in [0.1, 0.15) is 5.75 Å². The van der Waals surface area contributed by atoms with Crippen molar-refractivity contribution < 1.29 is 14.3 Å². The van der Waals surface area contributed by atoms with Gasteiger partial charge < -0.3 is 4.74 Å². The van der Waals surface area contributed by atoms with Crippen LogP contribution in [0.5, 0.6) is 5.75 Å². The Labute approximate surface area is 162 Å². The van der Waals surface area contributed by atoms with Crippen LogP contribution in [0, 0.1) is 5.92 Å². The highest BCUT2D eigenvalue weighted by Gasteiger charge is 2.23. The number of hydrogen-bond donors (Lipinski definition) is 0. The van der Waals surface area contributed by atoms with Gasteiger partial charge in [-0.3, -0.25) is 9.59 Å². The Morgan fingerprint density at radius 2 is 1.65 bits per heavy atom. The van der Waals surface area contributed by atoms with Gasteiger partial charge >= 0.3 is 5.97 Å². The molecule has 1 aliphatic rings. The molecule has 3 nitrogen and oxygen atoms in total. The summed E-state index contributed by atoms with van der Waals surface area (Å²) in [5, 5.41) is 0. The van der Waals surface area contributed by atoms with E-state index in [1.54, 1.807) is 24.3 Å². The van der Waals surface area contributed by atoms with Crippen LogP contribution in [0.25, 0.3) is 6.08 Å². The number of para-hydroxylation sites is 1. The van der Waals surface area contributed by atoms with E-state index < -0.39 is 0 Å². The second-order valence-electron chi connectivity index (χ2n) is 6.50. The maximum atomic E-state index is 12.4. The van der Waals surface area contributed by atoms with Crippen molar-refractivity contribution in [3.05, 3.63) is 70.2 Å². The quantitative estimate of drug-likeness (QED) is 0.268. The first kappa shape index (κ1) is 18.6. The molecule has 2 aromatic carbocycles. The molecule has 4 heteroatoms. The molecule has 0 saturated heterocycles. The fourth-order valence-electron chi connectivity index (χ4n) is 3.12. The predicted molar refractivity (Wildman–Crippen MR) is 106 cm³/mol. The summed E-state index contributed by atoms with van der Waals surface area (Å²) in [5.41, 5.74) is 1.34. The Bertz CT molecular complexity index is 802. The first-order valence-corrected chi connectivity index (χ1v) is 9.71. The van der Waals surface area contributed by atoms with Crippen molar-refractivity contribution in [3.63, 3.8) is 0 Å². The van der Waals surface area contributed by atoms with Crippen LogP contribution < -0.4 is 4.74 Å². The molecular weight excluding hydrogens is 392 g/mol. The molecule has 0 amide bonds. The van der Waals surface area contributed by atoms with Crippen molar-refractivity contribution in [2.75, 3.05) is 0 Å². The lowest BCUT2D eigenvalue weighted by molar-refractivity contribution is -0.140. The smallest absolute Gasteiger partial charge is 0.314 e. The largest absolute Gasteiger partial charge is 0.426 e. The number of carbonyl (C=O) groups is 2. The normalized spacial score (nSPS) is 15.1. The molecule has 0 N–H and O–H groups in total. The summed E-state index contributed by atoms with van der Waals surface area (Å²) in [6, 6.07) is 14.5. The molecule has 0 aliphatic heterocycles. The van der Waals surface area contributed by atoms with Gasteiger partial charge in [0.15, 0.2) is 5.78 Å². The average Bonchev–Trinajstić information content (AvgIpc) is 2.68. The number of ether oxygens (including phenoxy) is 1. The highest BCUT2D eigenvalue weighted by Crippen LogP contribution is 2.27. The third-order valence-corrected chi connectivity index (χ3v) is 5.14. The number of allylic oxidation sites excluding steroid dienone is 1. The van der Waals surface area contributed by atoms with Crippen molar-refractivity contribution in [1.29, 1.82) is 0 Å². The fraction of sp³-hybridized carbons (Fsp3) is 0.273. The van der Waals surface area contributed by atoms with Gasteiger partial charge in [-0.2, -0.15) is 0 Å². The molecule has 26 heavy (non-hydrogen) atoms. The molecule has 0 unspecified atom stereocenters. The average molecular weight is 413 g/mol. The van der Waals surface area contributed by atoms with E-state index in [1.807, 2.05) is 30.3 Å². The van der Waals surface area contributed by atoms with Gasteiger partial charge in [0.05, 0.1) is 5.92 Å². The van der Waals surface area contributed by atoms with E-state index in [2.05, 4.69) is 15.9 Å². The molecular formula is C22H21BrO3. The van der Waals surface area contributed by atoms with Crippen LogP contribution in [0.1, 0.15) is 48.0 Å². The molecule has 2 aromatic rings. The predicted octanol–water partition coefficient (Wildman–Crippen LogP) is 5.83. The molecule has 1 fully saturated rings. The molecule has 0 spiro atoms. The highest BCUT2D eigenvalue weighted by atomic mass is 79.9. The molecule has 3 rings (SSSR count). The summed E-state index contributed by atoms with van der Waals surface area (Å²) in [4.78, 5) is 24.7. The number of ketones is 1. The highest BCUT2D eigenvalue weighted by molar-refractivity contribution is 9.10. The standard InChI is InChI=1S/C22H21BrO3/c23-19-13-10-16(11-14-19)20(24)15-12-17-6-4-5-9-21(17)26-22(25)18-7-2-1-3-8-18/h4-6,9-15,18H,1-3,7-8H2. The summed E-state index contributed by atoms with van der Waals surface area (Å²) in [5.74, 6) is 0.240. The Morgan fingerprint density at radius 1 is 0.962 bits per heavy atom. The fourth-order valence-corrected chi connectivity index (χ4v) is 3.38. The molecule has 0 atom stereocenters. The monoisotopic (exact) mass is 412 g/mol. The lowest BCUT2D eigenvalue weighted by atomic mass is 9.89. The van der Waals surface area contributed by atoms with Crippen LogP contribution in [0.4, 0.5) is 0 Å². The summed E-state index contributed by atoms with van der Waals surface area (Å²) in [6.45, 7) is 0. The molecule has 134 valence electrons. The third-order valence-electron chi connectivity index (χ3n) is 4.61. The van der Waals surface area contributed by atoms with E-state index >= 15 is 0 Å². The van der Waals surface area contributed by atoms with Crippen molar-refractivity contribution in [1.82, 2.24) is 0 Å². The van der Waals surface area contributed by atoms with Crippen LogP contribution in [0.2, 0.25) is 0 Å². The Hall–Kier alpha value is -2.20. The van der Waals surface area contributed by atoms with Crippen molar-refractivity contribution >= 4 is 33.8 Å². The van der Waals surface area contributed by atoms with Gasteiger partial charge in [-0.05, 0) is 55.3 Å². The molecule has 0 radical (unpaired) electrons. The van der Waals surface area contributed by atoms with Crippen LogP contribution in [0.15, 0.2) is 59.1 Å². The van der Waals surface area contributed by atoms with E-state index in [1.165, 1.54) is 12.5 Å². The second-order valence-corrected chi connectivity index (χ2v) is 7.41. The molecule has 0 bridgehead atoms. The van der Waals surface area contributed by atoms with Gasteiger partial charge in [-0.25, -0.2) is 0 Å². The molecule has 1 aliphatic carbocycles. The Kier molecular flexibility index (Phi) is 6.40. The van der Waals surface area contributed by atoms with Crippen molar-refractivity contribution in [2.24, 2.45) is 5.92 Å². The van der Waals surface area contributed by atoms with Gasteiger partial charge in [0, 0.05) is 15.6 Å². The SMILES string of the molecule is O=C(C=Cc1ccccc1OC(=O)C1CCCCC1)c1ccc(Br)cc1. The molecule has 0 aromatic heterocycles. The lowest BCUT2D eigenvalue weighted by Gasteiger charge is -2.20. The maximum Gasteiger partial charge on any atom is 0.314 e. The summed E-state index contributed by atoms with van der Waals surface area (Å²) in [7, 11) is 0. The zero-order valence-corrected chi connectivity index (χ0v) is 16.1. The number of esters is 1. The maximum absolute atomic E-state index is 12.4. The van der Waals surface area contributed by atoms with Crippen LogP contribution in [0.3, 0.4) is 0 Å². The number of benzene rings is 2. The van der Waals surface area contributed by atoms with Crippen LogP contribution in [-0.4, -0.2) is 11.8 Å². The van der Waals surface area contributed by atoms with E-state index in [0.29, 0.717) is 11.3 Å². The summed E-state index contributed by atoms with van der Waals surface area (Å²) >= 11 is 3.36. The number of rotatable bonds is 5. The summed E-state index contributed by atoms with van der Waals surface area (Å²) in [6.07, 6.45) is 8.38. The minimum atomic E-state index is -0.162. The van der Waals surface area contributed by atoms with Crippen molar-refractivity contribution in [2.45, 2.75) is 32.1 Å². The van der Waals surface area contributed by atoms with E-state index in [4.69, 9.17) is 4.74 Å². The first-order chi connectivity index (χ1) is 12.6. The topological polar surface area (TPSA) is 43.4 Å². The second kappa shape index (κ2) is 8.95. The number of halogens is 1. The van der Waals surface area contributed by atoms with Crippen molar-refractivity contribution in [3.8, 4) is 5.75 Å². The van der Waals surface area contributed by atoms with E-state index in [0.717, 1.165) is 35.7 Å². The Balaban J connectivity index is 1.71. The summed E-state index contributed by atoms with van der Waals surface area (Å²) < 4.78 is 6.56. The van der Waals surface area contributed by atoms with Gasteiger partial charge in [0.2, 0.25) is 0 Å². The third kappa shape index (κ3) is 4.92.